The maximum absolute atomic E-state index is 13.0. The van der Waals surface area contributed by atoms with Gasteiger partial charge in [0.15, 0.2) is 0 Å². The molecular formula is C19H12ClF3N4OS. The zero-order chi connectivity index (χ0) is 20.8. The lowest BCUT2D eigenvalue weighted by Crippen LogP contribution is -2.12. The summed E-state index contributed by atoms with van der Waals surface area (Å²) >= 11 is 7.08. The van der Waals surface area contributed by atoms with Gasteiger partial charge in [-0.1, -0.05) is 11.6 Å². The molecule has 0 fully saturated rings. The highest BCUT2D eigenvalue weighted by Gasteiger charge is 2.35. The molecule has 0 amide bonds. The quantitative estimate of drug-likeness (QED) is 0.433. The molecule has 3 heterocycles. The Bertz CT molecular complexity index is 1190. The maximum atomic E-state index is 13.0. The monoisotopic (exact) mass is 436 g/mol. The summed E-state index contributed by atoms with van der Waals surface area (Å²) in [5.41, 5.74) is 0.382. The average molecular weight is 437 g/mol. The van der Waals surface area contributed by atoms with Gasteiger partial charge in [0.25, 0.3) is 5.91 Å². The molecule has 0 aliphatic rings. The van der Waals surface area contributed by atoms with E-state index in [9.17, 15) is 18.0 Å². The molecule has 0 atom stereocenters. The van der Waals surface area contributed by atoms with Crippen LogP contribution in [0.25, 0.3) is 21.1 Å². The lowest BCUT2D eigenvalue weighted by molar-refractivity contribution is -0.143. The van der Waals surface area contributed by atoms with Crippen LogP contribution in [0.2, 0.25) is 5.02 Å². The molecule has 4 aromatic rings. The first-order valence-electron chi connectivity index (χ1n) is 8.30. The van der Waals surface area contributed by atoms with Gasteiger partial charge in [-0.15, -0.1) is 11.3 Å². The van der Waals surface area contributed by atoms with Crippen molar-refractivity contribution in [3.05, 3.63) is 71.0 Å². The van der Waals surface area contributed by atoms with Crippen LogP contribution in [0.15, 0.2) is 54.7 Å². The Kier molecular flexibility index (Phi) is 4.79. The van der Waals surface area contributed by atoms with Crippen molar-refractivity contribution in [3.63, 3.8) is 0 Å². The van der Waals surface area contributed by atoms with E-state index in [2.05, 4.69) is 10.2 Å². The summed E-state index contributed by atoms with van der Waals surface area (Å²) < 4.78 is 41.0. The number of rotatable bonds is 3. The van der Waals surface area contributed by atoms with Gasteiger partial charge in [-0.05, 0) is 48.5 Å². The number of hydrogen-bond acceptors (Lipinski definition) is 4. The molecule has 4 rings (SSSR count). The molecule has 3 aromatic heterocycles. The number of thiophene rings is 1. The van der Waals surface area contributed by atoms with Gasteiger partial charge in [0, 0.05) is 23.8 Å². The van der Waals surface area contributed by atoms with E-state index in [0.29, 0.717) is 26.0 Å². The molecule has 0 spiro atoms. The molecular weight excluding hydrogens is 425 g/mol. The Morgan fingerprint density at radius 1 is 1.00 bits per heavy atom. The van der Waals surface area contributed by atoms with Crippen LogP contribution < -0.4 is 0 Å². The number of carbonyl (C=O) groups excluding carboxylic acids is 1. The second kappa shape index (κ2) is 7.16. The van der Waals surface area contributed by atoms with Crippen molar-refractivity contribution in [1.29, 1.82) is 0 Å². The van der Waals surface area contributed by atoms with Gasteiger partial charge < -0.3 is 0 Å². The summed E-state index contributed by atoms with van der Waals surface area (Å²) in [6.07, 6.45) is -2.94. The molecule has 148 valence electrons. The fourth-order valence-corrected chi connectivity index (χ4v) is 3.81. The van der Waals surface area contributed by atoms with Crippen LogP contribution in [0.3, 0.4) is 0 Å². The van der Waals surface area contributed by atoms with Crippen molar-refractivity contribution in [2.45, 2.75) is 6.18 Å². The van der Waals surface area contributed by atoms with E-state index in [1.54, 1.807) is 42.5 Å². The van der Waals surface area contributed by atoms with E-state index in [1.165, 1.54) is 29.3 Å². The van der Waals surface area contributed by atoms with Crippen LogP contribution in [0.4, 0.5) is 13.2 Å². The minimum absolute atomic E-state index is 0.229. The van der Waals surface area contributed by atoms with E-state index < -0.39 is 11.9 Å². The summed E-state index contributed by atoms with van der Waals surface area (Å²) in [6, 6.07) is 12.5. The van der Waals surface area contributed by atoms with Gasteiger partial charge in [-0.3, -0.25) is 9.48 Å². The number of benzene rings is 1. The molecule has 0 saturated carbocycles. The normalized spacial score (nSPS) is 11.8. The van der Waals surface area contributed by atoms with Crippen molar-refractivity contribution in [1.82, 2.24) is 19.6 Å². The van der Waals surface area contributed by atoms with E-state index in [-0.39, 0.29) is 11.6 Å². The van der Waals surface area contributed by atoms with Gasteiger partial charge in [-0.2, -0.15) is 23.4 Å². The van der Waals surface area contributed by atoms with Crippen molar-refractivity contribution < 1.29 is 18.0 Å². The van der Waals surface area contributed by atoms with Crippen molar-refractivity contribution in [2.75, 3.05) is 0 Å². The molecule has 5 nitrogen and oxygen atoms in total. The van der Waals surface area contributed by atoms with E-state index in [1.807, 2.05) is 0 Å². The topological polar surface area (TPSA) is 52.7 Å². The number of aromatic nitrogens is 4. The standard InChI is InChI=1S/C19H12ClF3N4OS/c1-26-17(19(21,22)23)10-14(24-26)16-7-6-15(29-16)13-8-9-27(25-13)18(28)11-2-4-12(20)5-3-11/h2-10H,1H3. The van der Waals surface area contributed by atoms with Gasteiger partial charge in [-0.25, -0.2) is 4.68 Å². The number of carbonyl (C=O) groups is 1. The highest BCUT2D eigenvalue weighted by atomic mass is 35.5. The average Bonchev–Trinajstić information content (AvgIpc) is 3.39. The SMILES string of the molecule is Cn1nc(-c2ccc(-c3ccn(C(=O)c4ccc(Cl)cc4)n3)s2)cc1C(F)(F)F. The summed E-state index contributed by atoms with van der Waals surface area (Å²) in [6.45, 7) is 0. The highest BCUT2D eigenvalue weighted by Crippen LogP contribution is 2.36. The Labute approximate surface area is 172 Å². The predicted molar refractivity (Wildman–Crippen MR) is 104 cm³/mol. The van der Waals surface area contributed by atoms with Gasteiger partial charge in [0.05, 0.1) is 9.75 Å². The van der Waals surface area contributed by atoms with Crippen LogP contribution in [-0.4, -0.2) is 25.5 Å². The number of nitrogens with zero attached hydrogens (tertiary/aromatic N) is 4. The van der Waals surface area contributed by atoms with Crippen LogP contribution in [0, 0.1) is 0 Å². The summed E-state index contributed by atoms with van der Waals surface area (Å²) in [4.78, 5) is 13.8. The minimum Gasteiger partial charge on any atom is -0.267 e. The summed E-state index contributed by atoms with van der Waals surface area (Å²) in [5, 5.41) is 8.76. The fraction of sp³-hybridized carbons (Fsp3) is 0.105. The first-order chi connectivity index (χ1) is 13.7. The zero-order valence-corrected chi connectivity index (χ0v) is 16.4. The van der Waals surface area contributed by atoms with Gasteiger partial charge in [0.1, 0.15) is 17.1 Å². The molecule has 0 bridgehead atoms. The van der Waals surface area contributed by atoms with Gasteiger partial charge in [0.2, 0.25) is 0 Å². The minimum atomic E-state index is -4.47. The second-order valence-electron chi connectivity index (χ2n) is 6.16. The van der Waals surface area contributed by atoms with Crippen molar-refractivity contribution >= 4 is 28.8 Å². The Hall–Kier alpha value is -2.91. The number of hydrogen-bond donors (Lipinski definition) is 0. The van der Waals surface area contributed by atoms with Crippen LogP contribution in [-0.2, 0) is 13.2 Å². The van der Waals surface area contributed by atoms with E-state index in [4.69, 9.17) is 11.6 Å². The lowest BCUT2D eigenvalue weighted by Gasteiger charge is -2.04. The first kappa shape index (κ1) is 19.4. The molecule has 0 unspecified atom stereocenters. The Morgan fingerprint density at radius 3 is 2.28 bits per heavy atom. The third-order valence-electron chi connectivity index (χ3n) is 4.17. The van der Waals surface area contributed by atoms with Gasteiger partial charge >= 0.3 is 6.18 Å². The third-order valence-corrected chi connectivity index (χ3v) is 5.55. The molecule has 0 aliphatic heterocycles. The second-order valence-corrected chi connectivity index (χ2v) is 7.68. The van der Waals surface area contributed by atoms with E-state index >= 15 is 0 Å². The smallest absolute Gasteiger partial charge is 0.267 e. The van der Waals surface area contributed by atoms with Crippen molar-refractivity contribution in [3.8, 4) is 21.1 Å². The molecule has 0 N–H and O–H groups in total. The fourth-order valence-electron chi connectivity index (χ4n) is 2.76. The first-order valence-corrected chi connectivity index (χ1v) is 9.49. The summed E-state index contributed by atoms with van der Waals surface area (Å²) in [7, 11) is 1.25. The number of aryl methyl sites for hydroxylation is 1. The number of halogens is 4. The van der Waals surface area contributed by atoms with Crippen LogP contribution in [0.5, 0.6) is 0 Å². The molecule has 0 aliphatic carbocycles. The molecule has 10 heteroatoms. The van der Waals surface area contributed by atoms with Crippen molar-refractivity contribution in [2.24, 2.45) is 7.05 Å². The molecule has 0 radical (unpaired) electrons. The summed E-state index contributed by atoms with van der Waals surface area (Å²) in [5.74, 6) is -0.316. The largest absolute Gasteiger partial charge is 0.433 e. The third kappa shape index (κ3) is 3.83. The van der Waals surface area contributed by atoms with Crippen LogP contribution in [0.1, 0.15) is 16.1 Å². The highest BCUT2D eigenvalue weighted by molar-refractivity contribution is 7.18. The Balaban J connectivity index is 1.59. The Morgan fingerprint density at radius 2 is 1.66 bits per heavy atom. The van der Waals surface area contributed by atoms with E-state index in [0.717, 1.165) is 10.7 Å². The molecule has 29 heavy (non-hydrogen) atoms. The predicted octanol–water partition coefficient (Wildman–Crippen LogP) is 5.37. The zero-order valence-electron chi connectivity index (χ0n) is 14.8. The van der Waals surface area contributed by atoms with Crippen LogP contribution >= 0.6 is 22.9 Å². The molecule has 1 aromatic carbocycles. The number of alkyl halides is 3. The lowest BCUT2D eigenvalue weighted by atomic mass is 10.2. The maximum Gasteiger partial charge on any atom is 0.433 e. The molecule has 0 saturated heterocycles.